The zero-order valence-corrected chi connectivity index (χ0v) is 15.2. The summed E-state index contributed by atoms with van der Waals surface area (Å²) in [7, 11) is 0. The number of rotatable bonds is 6. The lowest BCUT2D eigenvalue weighted by molar-refractivity contribution is -0.383. The van der Waals surface area contributed by atoms with Gasteiger partial charge in [-0.2, -0.15) is 0 Å². The van der Waals surface area contributed by atoms with Crippen LogP contribution >= 0.6 is 0 Å². The molecule has 2 atom stereocenters. The highest BCUT2D eigenvalue weighted by atomic mass is 16.6. The fraction of sp³-hybridized carbons (Fsp3) is 0.526. The fourth-order valence-corrected chi connectivity index (χ4v) is 4.06. The van der Waals surface area contributed by atoms with Gasteiger partial charge < -0.3 is 14.8 Å². The summed E-state index contributed by atoms with van der Waals surface area (Å²) in [4.78, 5) is 17.5. The molecule has 1 aromatic heterocycles. The summed E-state index contributed by atoms with van der Waals surface area (Å²) in [6.45, 7) is 5.74. The van der Waals surface area contributed by atoms with E-state index in [0.29, 0.717) is 17.3 Å². The first kappa shape index (κ1) is 18.1. The number of nitro benzene ring substituents is 1. The molecule has 1 aromatic carbocycles. The minimum absolute atomic E-state index is 0.0811. The second-order valence-electron chi connectivity index (χ2n) is 7.03. The largest absolute Gasteiger partial charge is 0.383 e. The van der Waals surface area contributed by atoms with Crippen molar-refractivity contribution in [3.8, 4) is 0 Å². The Bertz CT molecular complexity index is 803. The van der Waals surface area contributed by atoms with Crippen LogP contribution in [0.3, 0.4) is 0 Å². The van der Waals surface area contributed by atoms with Gasteiger partial charge in [0.2, 0.25) is 0 Å². The van der Waals surface area contributed by atoms with Crippen molar-refractivity contribution in [1.82, 2.24) is 9.88 Å². The zero-order valence-electron chi connectivity index (χ0n) is 15.2. The maximum atomic E-state index is 11.3. The van der Waals surface area contributed by atoms with E-state index in [2.05, 4.69) is 15.2 Å². The Morgan fingerprint density at radius 2 is 2.07 bits per heavy atom. The quantitative estimate of drug-likeness (QED) is 0.615. The number of nitrogens with zero attached hydrogens (tertiary/aromatic N) is 3. The number of benzene rings is 1. The van der Waals surface area contributed by atoms with Crippen LogP contribution in [0.2, 0.25) is 0 Å². The molecule has 2 aromatic rings. The van der Waals surface area contributed by atoms with Crippen LogP contribution in [-0.4, -0.2) is 66.9 Å². The van der Waals surface area contributed by atoms with Crippen LogP contribution < -0.4 is 5.32 Å². The SMILES string of the molecule is O=[N+]([O-])c1ccc(NCC(C2CCOC2)N2CCOCC2)c2ccncc12. The predicted molar refractivity (Wildman–Crippen MR) is 102 cm³/mol. The number of fused-ring (bicyclic) bond motifs is 1. The average Bonchev–Trinajstić information content (AvgIpc) is 3.23. The van der Waals surface area contributed by atoms with Gasteiger partial charge in [-0.25, -0.2) is 0 Å². The molecule has 2 unspecified atom stereocenters. The lowest BCUT2D eigenvalue weighted by atomic mass is 9.96. The number of aromatic nitrogens is 1. The number of nitro groups is 1. The number of non-ortho nitro benzene ring substituents is 1. The van der Waals surface area contributed by atoms with Gasteiger partial charge in [-0.1, -0.05) is 0 Å². The number of hydrogen-bond donors (Lipinski definition) is 1. The Morgan fingerprint density at radius 1 is 1.22 bits per heavy atom. The van der Waals surface area contributed by atoms with E-state index in [9.17, 15) is 10.1 Å². The van der Waals surface area contributed by atoms with Gasteiger partial charge in [0.25, 0.3) is 5.69 Å². The van der Waals surface area contributed by atoms with Gasteiger partial charge in [0.05, 0.1) is 30.1 Å². The molecule has 2 saturated heterocycles. The summed E-state index contributed by atoms with van der Waals surface area (Å²) in [5, 5.41) is 16.2. The van der Waals surface area contributed by atoms with Gasteiger partial charge in [-0.3, -0.25) is 20.0 Å². The van der Waals surface area contributed by atoms with E-state index in [-0.39, 0.29) is 10.6 Å². The highest BCUT2D eigenvalue weighted by Gasteiger charge is 2.31. The first-order valence-electron chi connectivity index (χ1n) is 9.38. The van der Waals surface area contributed by atoms with Gasteiger partial charge in [0.15, 0.2) is 0 Å². The molecule has 27 heavy (non-hydrogen) atoms. The third kappa shape index (κ3) is 3.87. The summed E-state index contributed by atoms with van der Waals surface area (Å²) >= 11 is 0. The maximum Gasteiger partial charge on any atom is 0.278 e. The van der Waals surface area contributed by atoms with Crippen LogP contribution in [-0.2, 0) is 9.47 Å². The van der Waals surface area contributed by atoms with Crippen molar-refractivity contribution >= 4 is 22.1 Å². The number of anilines is 1. The van der Waals surface area contributed by atoms with E-state index in [1.807, 2.05) is 6.07 Å². The van der Waals surface area contributed by atoms with E-state index in [1.54, 1.807) is 24.5 Å². The monoisotopic (exact) mass is 372 g/mol. The molecule has 0 amide bonds. The summed E-state index contributed by atoms with van der Waals surface area (Å²) in [5.41, 5.74) is 0.979. The molecular weight excluding hydrogens is 348 g/mol. The molecule has 2 aliphatic heterocycles. The first-order chi connectivity index (χ1) is 13.2. The smallest absolute Gasteiger partial charge is 0.278 e. The van der Waals surface area contributed by atoms with Gasteiger partial charge in [-0.05, 0) is 18.6 Å². The average molecular weight is 372 g/mol. The topological polar surface area (TPSA) is 89.8 Å². The Balaban J connectivity index is 1.57. The molecule has 2 fully saturated rings. The first-order valence-corrected chi connectivity index (χ1v) is 9.38. The normalized spacial score (nSPS) is 22.0. The molecule has 0 spiro atoms. The second-order valence-corrected chi connectivity index (χ2v) is 7.03. The highest BCUT2D eigenvalue weighted by Crippen LogP contribution is 2.31. The molecule has 0 bridgehead atoms. The van der Waals surface area contributed by atoms with Crippen molar-refractivity contribution in [2.24, 2.45) is 5.92 Å². The van der Waals surface area contributed by atoms with Crippen molar-refractivity contribution in [3.05, 3.63) is 40.7 Å². The van der Waals surface area contributed by atoms with Gasteiger partial charge in [-0.15, -0.1) is 0 Å². The second kappa shape index (κ2) is 8.16. The van der Waals surface area contributed by atoms with E-state index in [1.165, 1.54) is 0 Å². The molecule has 3 heterocycles. The van der Waals surface area contributed by atoms with E-state index in [0.717, 1.165) is 63.6 Å². The molecule has 2 aliphatic rings. The Labute approximate surface area is 157 Å². The van der Waals surface area contributed by atoms with Crippen molar-refractivity contribution in [3.63, 3.8) is 0 Å². The van der Waals surface area contributed by atoms with Crippen molar-refractivity contribution < 1.29 is 14.4 Å². The molecule has 0 radical (unpaired) electrons. The number of pyridine rings is 1. The standard InChI is InChI=1S/C19H24N4O4/c24-23(25)18-2-1-17(15-3-5-20-11-16(15)18)21-12-19(14-4-8-27-13-14)22-6-9-26-10-7-22/h1-3,5,11,14,19,21H,4,6-10,12-13H2. The summed E-state index contributed by atoms with van der Waals surface area (Å²) in [5.74, 6) is 0.488. The third-order valence-electron chi connectivity index (χ3n) is 5.52. The minimum atomic E-state index is -0.361. The summed E-state index contributed by atoms with van der Waals surface area (Å²) in [6.07, 6.45) is 4.29. The molecule has 0 saturated carbocycles. The van der Waals surface area contributed by atoms with Crippen LogP contribution in [0.4, 0.5) is 11.4 Å². The molecule has 8 heteroatoms. The Hall–Kier alpha value is -2.29. The summed E-state index contributed by atoms with van der Waals surface area (Å²) < 4.78 is 11.1. The molecule has 8 nitrogen and oxygen atoms in total. The molecule has 4 rings (SSSR count). The number of morpholine rings is 1. The zero-order chi connectivity index (χ0) is 18.6. The van der Waals surface area contributed by atoms with E-state index >= 15 is 0 Å². The fourth-order valence-electron chi connectivity index (χ4n) is 4.06. The van der Waals surface area contributed by atoms with Gasteiger partial charge in [0, 0.05) is 67.7 Å². The predicted octanol–water partition coefficient (Wildman–Crippen LogP) is 2.29. The van der Waals surface area contributed by atoms with Crippen molar-refractivity contribution in [2.45, 2.75) is 12.5 Å². The maximum absolute atomic E-state index is 11.3. The molecule has 144 valence electrons. The molecule has 1 N–H and O–H groups in total. The number of hydrogen-bond acceptors (Lipinski definition) is 7. The third-order valence-corrected chi connectivity index (χ3v) is 5.52. The van der Waals surface area contributed by atoms with Gasteiger partial charge in [0.1, 0.15) is 0 Å². The van der Waals surface area contributed by atoms with Crippen molar-refractivity contribution in [1.29, 1.82) is 0 Å². The van der Waals surface area contributed by atoms with E-state index < -0.39 is 0 Å². The Morgan fingerprint density at radius 3 is 2.81 bits per heavy atom. The number of nitrogens with one attached hydrogen (secondary N) is 1. The highest BCUT2D eigenvalue weighted by molar-refractivity contribution is 5.99. The van der Waals surface area contributed by atoms with Crippen LogP contribution in [0, 0.1) is 16.0 Å². The lowest BCUT2D eigenvalue weighted by Gasteiger charge is -2.37. The number of ether oxygens (including phenoxy) is 2. The van der Waals surface area contributed by atoms with Crippen LogP contribution in [0.25, 0.3) is 10.8 Å². The van der Waals surface area contributed by atoms with Crippen molar-refractivity contribution in [2.75, 3.05) is 51.4 Å². The van der Waals surface area contributed by atoms with E-state index in [4.69, 9.17) is 9.47 Å². The minimum Gasteiger partial charge on any atom is -0.383 e. The Kier molecular flexibility index (Phi) is 5.47. The molecular formula is C19H24N4O4. The lowest BCUT2D eigenvalue weighted by Crippen LogP contribution is -2.50. The van der Waals surface area contributed by atoms with Gasteiger partial charge >= 0.3 is 0 Å². The summed E-state index contributed by atoms with van der Waals surface area (Å²) in [6, 6.07) is 5.52. The van der Waals surface area contributed by atoms with Crippen LogP contribution in [0.15, 0.2) is 30.6 Å². The van der Waals surface area contributed by atoms with Crippen LogP contribution in [0.1, 0.15) is 6.42 Å². The molecule has 0 aliphatic carbocycles. The van der Waals surface area contributed by atoms with Crippen LogP contribution in [0.5, 0.6) is 0 Å².